The van der Waals surface area contributed by atoms with Gasteiger partial charge in [0.05, 0.1) is 0 Å². The van der Waals surface area contributed by atoms with Crippen LogP contribution in [0.15, 0.2) is 0 Å². The van der Waals surface area contributed by atoms with E-state index >= 15 is 0 Å². The number of carbonyl (C=O) groups excluding carboxylic acids is 3. The summed E-state index contributed by atoms with van der Waals surface area (Å²) in [4.78, 5) is 28.3. The molecule has 0 aromatic heterocycles. The Morgan fingerprint density at radius 3 is 0.326 bits per heavy atom. The van der Waals surface area contributed by atoms with Crippen molar-refractivity contribution in [2.75, 3.05) is 17.7 Å². The van der Waals surface area contributed by atoms with Crippen LogP contribution in [0.3, 0.4) is 0 Å². The summed E-state index contributed by atoms with van der Waals surface area (Å²) >= 11 is 0. The Morgan fingerprint density at radius 1 is 0.258 bits per heavy atom. The molecule has 0 aromatic carbocycles. The van der Waals surface area contributed by atoms with Gasteiger partial charge in [0.25, 0.3) is 0 Å². The molecule has 558 valence electrons. The van der Waals surface area contributed by atoms with Gasteiger partial charge in [-0.25, -0.2) is 16.8 Å². The van der Waals surface area contributed by atoms with Gasteiger partial charge in [-0.15, -0.1) is 0 Å². The van der Waals surface area contributed by atoms with E-state index in [9.17, 15) is 40.7 Å². The standard InChI is InChI=1S/3C17H38P2.3C3H6O.2CHF3O3S.3Cu.FH/c3*1-14(2,3)18(15(4,5)6)13-19(16(7,8)9)17(10,11)12;3*1-3(2)4;2*2-1(3,4)8(5,6)7;;;;/h3*13H2,1-12H3;3*1-2H3;2*(H,5,6,7);;;;1H/q;;;;;;;;3*+1;/p-3. The van der Waals surface area contributed by atoms with Gasteiger partial charge < -0.3 is 28.2 Å². The van der Waals surface area contributed by atoms with Crippen LogP contribution in [0.2, 0.25) is 0 Å². The van der Waals surface area contributed by atoms with Crippen LogP contribution in [0.1, 0.15) is 291 Å². The number of ketones is 3. The molecule has 0 aliphatic carbocycles. The molecule has 0 bridgehead atoms. The van der Waals surface area contributed by atoms with Crippen LogP contribution in [0.5, 0.6) is 0 Å². The Morgan fingerprint density at radius 2 is 0.303 bits per heavy atom. The number of hydrogen-bond acceptors (Lipinski definition) is 9. The molecule has 0 aliphatic heterocycles. The van der Waals surface area contributed by atoms with Gasteiger partial charge in [0.1, 0.15) is 17.3 Å². The third-order valence-corrected chi connectivity index (χ3v) is 38.5. The normalized spacial score (nSPS) is 13.3. The van der Waals surface area contributed by atoms with Crippen molar-refractivity contribution >= 4 is 85.1 Å². The molecule has 0 aliphatic rings. The summed E-state index contributed by atoms with van der Waals surface area (Å²) in [6.45, 7) is 97.3. The van der Waals surface area contributed by atoms with Crippen LogP contribution in [0.4, 0.5) is 26.3 Å². The molecule has 0 unspecified atom stereocenters. The van der Waals surface area contributed by atoms with Gasteiger partial charge >= 0.3 is 62.2 Å². The molecule has 0 fully saturated rings. The molecule has 0 N–H and O–H groups in total. The van der Waals surface area contributed by atoms with Gasteiger partial charge in [0, 0.05) is 0 Å². The molecule has 89 heavy (non-hydrogen) atoms. The number of halogens is 7. The Kier molecular flexibility index (Phi) is 58.5. The Hall–Kier alpha value is 2.48. The molecule has 9 nitrogen and oxygen atoms in total. The third-order valence-electron chi connectivity index (χ3n) is 11.1. The van der Waals surface area contributed by atoms with E-state index < -0.39 is 31.3 Å². The fraction of sp³-hybridized carbons (Fsp3) is 0.952. The molecule has 0 saturated heterocycles. The van der Waals surface area contributed by atoms with E-state index in [4.69, 9.17) is 25.9 Å². The van der Waals surface area contributed by atoms with Crippen molar-refractivity contribution in [2.45, 2.75) is 364 Å². The quantitative estimate of drug-likeness (QED) is 0.0827. The SMILES string of the molecule is CC(C)(C)P(CP(C(C)(C)C)C(C)(C)C)C(C)(C)C.CC(C)(C)P(CP(C(C)(C)C)C(C)(C)C)C(C)(C)C.CC(C)(C)P(CP(C(C)(C)C)C(C)(C)C)C(C)(C)C.CC(C)=O.CC(C)=O.CC(C)=O.O=S(=O)([O-])C(F)(F)F.O=S(=O)([O-])C(F)(F)F.[Cu+].[Cu+].[Cu+].[F-]. The maximum absolute atomic E-state index is 10.7. The monoisotopic (exact) mass is 1590 g/mol. The topological polar surface area (TPSA) is 166 Å². The zero-order chi connectivity index (χ0) is 72.3. The first-order chi connectivity index (χ1) is 35.6. The van der Waals surface area contributed by atoms with Crippen LogP contribution in [0, 0.1) is 0 Å². The Bertz CT molecular complexity index is 1760. The maximum Gasteiger partial charge on any atom is 1.00 e. The Labute approximate surface area is 584 Å². The maximum atomic E-state index is 10.7. The van der Waals surface area contributed by atoms with E-state index in [0.29, 0.717) is 61.9 Å². The Balaban J connectivity index is -0.0000000809. The molecule has 0 radical (unpaired) electrons. The second-order valence-corrected chi connectivity index (χ2v) is 60.9. The van der Waals surface area contributed by atoms with E-state index in [-0.39, 0.29) is 121 Å². The van der Waals surface area contributed by atoms with Crippen LogP contribution < -0.4 is 4.70 Å². The van der Waals surface area contributed by atoms with Gasteiger partial charge in [-0.3, -0.25) is 0 Å². The summed E-state index contributed by atoms with van der Waals surface area (Å²) < 4.78 is 118. The predicted octanol–water partition coefficient (Wildman–Crippen LogP) is 20.2. The largest absolute Gasteiger partial charge is 1.00 e. The second kappa shape index (κ2) is 43.9. The summed E-state index contributed by atoms with van der Waals surface area (Å²) in [5.41, 5.74) is -11.3. The fourth-order valence-electron chi connectivity index (χ4n) is 9.01. The fourth-order valence-corrected chi connectivity index (χ4v) is 44.8. The van der Waals surface area contributed by atoms with E-state index in [2.05, 4.69) is 249 Å². The molecule has 0 amide bonds. The van der Waals surface area contributed by atoms with Gasteiger partial charge in [0.15, 0.2) is 20.2 Å². The molecule has 27 heteroatoms. The summed E-state index contributed by atoms with van der Waals surface area (Å²) in [5.74, 6) is 4.85. The van der Waals surface area contributed by atoms with Gasteiger partial charge in [-0.05, 0) is 121 Å². The van der Waals surface area contributed by atoms with Crippen molar-refractivity contribution in [1.29, 1.82) is 0 Å². The molecule has 0 spiro atoms. The number of alkyl halides is 6. The van der Waals surface area contributed by atoms with E-state index in [0.717, 1.165) is 0 Å². The van der Waals surface area contributed by atoms with Crippen molar-refractivity contribution in [2.24, 2.45) is 0 Å². The molecular formula is C62H132Cu3F7O9P6S2. The average molecular weight is 1600 g/mol. The number of rotatable bonds is 6. The van der Waals surface area contributed by atoms with Crippen molar-refractivity contribution < 1.29 is 123 Å². The van der Waals surface area contributed by atoms with Crippen LogP contribution in [0.25, 0.3) is 0 Å². The first-order valence-corrected chi connectivity index (χ1v) is 40.7. The number of Topliss-reactive ketones (excluding diaryl/α,β-unsaturated/α-hetero) is 3. The molecule has 0 atom stereocenters. The van der Waals surface area contributed by atoms with Crippen LogP contribution >= 0.6 is 47.5 Å². The number of hydrogen-bond donors (Lipinski definition) is 0. The van der Waals surface area contributed by atoms with Crippen molar-refractivity contribution in [3.05, 3.63) is 0 Å². The van der Waals surface area contributed by atoms with Crippen molar-refractivity contribution in [3.8, 4) is 0 Å². The van der Waals surface area contributed by atoms with E-state index in [1.165, 1.54) is 59.3 Å². The van der Waals surface area contributed by atoms with Crippen LogP contribution in [-0.4, -0.2) is 134 Å². The third kappa shape index (κ3) is 64.9. The molecule has 0 aromatic rings. The minimum Gasteiger partial charge on any atom is -1.00 e. The minimum absolute atomic E-state index is 0. The van der Waals surface area contributed by atoms with Crippen molar-refractivity contribution in [3.63, 3.8) is 0 Å². The molecular weight excluding hydrogens is 1460 g/mol. The van der Waals surface area contributed by atoms with Crippen molar-refractivity contribution in [1.82, 2.24) is 0 Å². The van der Waals surface area contributed by atoms with Gasteiger partial charge in [0.2, 0.25) is 0 Å². The minimum atomic E-state index is -6.09. The molecule has 0 heterocycles. The summed E-state index contributed by atoms with van der Waals surface area (Å²) in [6.07, 6.45) is 0. The summed E-state index contributed by atoms with van der Waals surface area (Å²) in [6, 6.07) is 0. The average Bonchev–Trinajstić information content (AvgIpc) is 3.03. The van der Waals surface area contributed by atoms with Crippen LogP contribution in [-0.2, 0) is 85.8 Å². The first kappa shape index (κ1) is 119. The molecule has 0 rings (SSSR count). The van der Waals surface area contributed by atoms with Gasteiger partial charge in [-0.2, -0.15) is 26.3 Å². The van der Waals surface area contributed by atoms with E-state index in [1.807, 2.05) is 0 Å². The first-order valence-electron chi connectivity index (χ1n) is 28.7. The summed E-state index contributed by atoms with van der Waals surface area (Å²) in [7, 11) is -12.1. The molecule has 0 saturated carbocycles. The zero-order valence-corrected chi connectivity index (χ0v) is 73.2. The zero-order valence-electron chi connectivity index (χ0n) is 63.3. The van der Waals surface area contributed by atoms with Gasteiger partial charge in [-0.1, -0.05) is 297 Å². The second-order valence-electron chi connectivity index (χ2n) is 33.6. The number of carbonyl (C=O) groups is 3. The van der Waals surface area contributed by atoms with E-state index in [1.54, 1.807) is 0 Å². The predicted molar refractivity (Wildman–Crippen MR) is 374 cm³/mol. The summed E-state index contributed by atoms with van der Waals surface area (Å²) in [5, 5.41) is 5.39. The smallest absolute Gasteiger partial charge is 1.00 e.